The smallest absolute Gasteiger partial charge is 0.328 e. The molecule has 0 spiro atoms. The molecule has 2 aliphatic heterocycles. The van der Waals surface area contributed by atoms with Gasteiger partial charge in [0.05, 0.1) is 6.61 Å². The number of ketones is 1. The number of aliphatic carboxylic acids is 2. The zero-order valence-corrected chi connectivity index (χ0v) is 10.1. The molecule has 0 amide bonds. The number of Topliss-reactive ketones (excluding diaryl/α,β-unsaturated/α-hetero) is 1. The number of carbonyl (C=O) groups is 3. The van der Waals surface area contributed by atoms with Crippen LogP contribution < -0.4 is 0 Å². The minimum absolute atomic E-state index is 0.0670. The fourth-order valence-electron chi connectivity index (χ4n) is 2.15. The van der Waals surface area contributed by atoms with Crippen LogP contribution in [-0.4, -0.2) is 63.6 Å². The molecule has 3 atom stereocenters. The van der Waals surface area contributed by atoms with Crippen molar-refractivity contribution in [3.63, 3.8) is 0 Å². The summed E-state index contributed by atoms with van der Waals surface area (Å²) in [5.74, 6) is -3.28. The lowest BCUT2D eigenvalue weighted by Gasteiger charge is -2.21. The molecule has 0 aliphatic carbocycles. The highest BCUT2D eigenvalue weighted by Crippen LogP contribution is 2.37. The predicted molar refractivity (Wildman–Crippen MR) is 61.9 cm³/mol. The number of carboxylic acid groups (broad SMARTS) is 2. The molecule has 0 saturated carbocycles. The van der Waals surface area contributed by atoms with Crippen LogP contribution in [0.4, 0.5) is 0 Å². The third-order valence-electron chi connectivity index (χ3n) is 3.05. The minimum atomic E-state index is -1.85. The van der Waals surface area contributed by atoms with Gasteiger partial charge in [0.15, 0.2) is 5.60 Å². The monoisotopic (exact) mass is 284 g/mol. The van der Waals surface area contributed by atoms with Gasteiger partial charge in [0, 0.05) is 12.2 Å². The van der Waals surface area contributed by atoms with Crippen molar-refractivity contribution in [3.8, 4) is 0 Å². The molecular formula is C12H12O8. The molecule has 0 aromatic rings. The molecular weight excluding hydrogens is 272 g/mol. The average molecular weight is 284 g/mol. The van der Waals surface area contributed by atoms with Crippen molar-refractivity contribution >= 4 is 17.7 Å². The lowest BCUT2D eigenvalue weighted by Crippen LogP contribution is -2.36. The first kappa shape index (κ1) is 14.4. The summed E-state index contributed by atoms with van der Waals surface area (Å²) in [7, 11) is 0. The quantitative estimate of drug-likeness (QED) is 0.545. The Balaban J connectivity index is 2.36. The fraction of sp³-hybridized carbons (Fsp3) is 0.417. The maximum atomic E-state index is 12.2. The van der Waals surface area contributed by atoms with Crippen LogP contribution in [0.5, 0.6) is 0 Å². The summed E-state index contributed by atoms with van der Waals surface area (Å²) >= 11 is 0. The van der Waals surface area contributed by atoms with Crippen LogP contribution in [0.15, 0.2) is 24.3 Å². The summed E-state index contributed by atoms with van der Waals surface area (Å²) in [6, 6.07) is 0. The summed E-state index contributed by atoms with van der Waals surface area (Å²) in [4.78, 5) is 33.4. The Labute approximate surface area is 112 Å². The van der Waals surface area contributed by atoms with Gasteiger partial charge < -0.3 is 24.8 Å². The lowest BCUT2D eigenvalue weighted by molar-refractivity contribution is -0.132. The third-order valence-corrected chi connectivity index (χ3v) is 3.05. The molecule has 2 aliphatic rings. The molecule has 0 aromatic carbocycles. The molecule has 20 heavy (non-hydrogen) atoms. The molecule has 0 unspecified atom stereocenters. The number of ether oxygens (including phenoxy) is 2. The molecule has 0 bridgehead atoms. The number of hydrogen-bond donors (Lipinski definition) is 3. The van der Waals surface area contributed by atoms with Gasteiger partial charge in [0.1, 0.15) is 18.3 Å². The average Bonchev–Trinajstić information content (AvgIpc) is 2.85. The summed E-state index contributed by atoms with van der Waals surface area (Å²) < 4.78 is 10.5. The van der Waals surface area contributed by atoms with E-state index < -0.39 is 41.6 Å². The molecule has 108 valence electrons. The van der Waals surface area contributed by atoms with Crippen LogP contribution in [-0.2, 0) is 23.9 Å². The highest BCUT2D eigenvalue weighted by Gasteiger charge is 2.57. The van der Waals surface area contributed by atoms with Crippen LogP contribution in [0, 0.1) is 0 Å². The van der Waals surface area contributed by atoms with Crippen LogP contribution in [0.3, 0.4) is 0 Å². The Morgan fingerprint density at radius 1 is 1.20 bits per heavy atom. The predicted octanol–water partition coefficient (Wildman–Crippen LogP) is -1.27. The van der Waals surface area contributed by atoms with Crippen molar-refractivity contribution in [1.29, 1.82) is 0 Å². The van der Waals surface area contributed by atoms with Crippen molar-refractivity contribution < 1.29 is 39.2 Å². The summed E-state index contributed by atoms with van der Waals surface area (Å²) in [6.07, 6.45) is 0.218. The SMILES string of the molecule is O=C(O)C=CC1(C=CC(=O)O)O[C@@H]2[C@H](O)CO[C@@H]2C1=O. The van der Waals surface area contributed by atoms with E-state index in [1.807, 2.05) is 0 Å². The van der Waals surface area contributed by atoms with E-state index in [0.29, 0.717) is 12.2 Å². The molecule has 8 heteroatoms. The highest BCUT2D eigenvalue weighted by atomic mass is 16.6. The van der Waals surface area contributed by atoms with Crippen molar-refractivity contribution in [2.24, 2.45) is 0 Å². The second-order valence-corrected chi connectivity index (χ2v) is 4.40. The molecule has 3 N–H and O–H groups in total. The Morgan fingerprint density at radius 2 is 1.75 bits per heavy atom. The number of carboxylic acids is 2. The summed E-state index contributed by atoms with van der Waals surface area (Å²) in [5.41, 5.74) is -1.85. The first-order valence-corrected chi connectivity index (χ1v) is 5.72. The van der Waals surface area contributed by atoms with E-state index in [9.17, 15) is 19.5 Å². The van der Waals surface area contributed by atoms with Gasteiger partial charge in [-0.1, -0.05) is 0 Å². The van der Waals surface area contributed by atoms with Crippen LogP contribution in [0.2, 0.25) is 0 Å². The lowest BCUT2D eigenvalue weighted by atomic mass is 9.95. The van der Waals surface area contributed by atoms with E-state index in [2.05, 4.69) is 0 Å². The van der Waals surface area contributed by atoms with Gasteiger partial charge in [-0.2, -0.15) is 0 Å². The fourth-order valence-corrected chi connectivity index (χ4v) is 2.15. The number of aliphatic hydroxyl groups is 1. The van der Waals surface area contributed by atoms with Crippen molar-refractivity contribution in [2.45, 2.75) is 23.9 Å². The van der Waals surface area contributed by atoms with Crippen molar-refractivity contribution in [3.05, 3.63) is 24.3 Å². The van der Waals surface area contributed by atoms with Crippen molar-refractivity contribution in [1.82, 2.24) is 0 Å². The first-order valence-electron chi connectivity index (χ1n) is 5.72. The van der Waals surface area contributed by atoms with E-state index in [1.165, 1.54) is 0 Å². The maximum absolute atomic E-state index is 12.2. The molecule has 2 fully saturated rings. The van der Waals surface area contributed by atoms with E-state index in [4.69, 9.17) is 19.7 Å². The Morgan fingerprint density at radius 3 is 2.20 bits per heavy atom. The Kier molecular flexibility index (Phi) is 3.71. The molecule has 2 heterocycles. The second kappa shape index (κ2) is 5.16. The van der Waals surface area contributed by atoms with E-state index in [0.717, 1.165) is 12.2 Å². The van der Waals surface area contributed by atoms with E-state index in [-0.39, 0.29) is 6.61 Å². The Bertz CT molecular complexity index is 482. The molecule has 8 nitrogen and oxygen atoms in total. The van der Waals surface area contributed by atoms with Gasteiger partial charge in [-0.15, -0.1) is 0 Å². The van der Waals surface area contributed by atoms with Crippen molar-refractivity contribution in [2.75, 3.05) is 6.61 Å². The van der Waals surface area contributed by atoms with Gasteiger partial charge in [0.25, 0.3) is 0 Å². The summed E-state index contributed by atoms with van der Waals surface area (Å²) in [5, 5.41) is 26.9. The van der Waals surface area contributed by atoms with Crippen LogP contribution >= 0.6 is 0 Å². The number of aliphatic hydroxyl groups excluding tert-OH is 1. The zero-order chi connectivity index (χ0) is 14.9. The molecule has 2 rings (SSSR count). The van der Waals surface area contributed by atoms with Crippen LogP contribution in [0.25, 0.3) is 0 Å². The standard InChI is InChI=1S/C12H12O8/c13-6-5-19-10-9(6)20-12(11(10)18,3-1-7(14)15)4-2-8(16)17/h1-4,6,9-10,13H,5H2,(H,14,15)(H,16,17)/t6-,9-,10+,12?/m1/s1. The van der Waals surface area contributed by atoms with Gasteiger partial charge >= 0.3 is 11.9 Å². The largest absolute Gasteiger partial charge is 0.478 e. The van der Waals surface area contributed by atoms with Crippen LogP contribution in [0.1, 0.15) is 0 Å². The normalized spacial score (nSPS) is 36.9. The number of hydrogen-bond acceptors (Lipinski definition) is 6. The topological polar surface area (TPSA) is 130 Å². The van der Waals surface area contributed by atoms with Gasteiger partial charge in [-0.05, 0) is 12.2 Å². The van der Waals surface area contributed by atoms with E-state index >= 15 is 0 Å². The molecule has 0 radical (unpaired) electrons. The molecule has 0 aromatic heterocycles. The maximum Gasteiger partial charge on any atom is 0.328 e. The van der Waals surface area contributed by atoms with E-state index in [1.54, 1.807) is 0 Å². The number of carbonyl (C=O) groups excluding carboxylic acids is 1. The third kappa shape index (κ3) is 2.48. The second-order valence-electron chi connectivity index (χ2n) is 4.40. The molecule has 2 saturated heterocycles. The first-order chi connectivity index (χ1) is 9.35. The number of rotatable bonds is 4. The zero-order valence-electron chi connectivity index (χ0n) is 10.1. The minimum Gasteiger partial charge on any atom is -0.478 e. The van der Waals surface area contributed by atoms with Gasteiger partial charge in [0.2, 0.25) is 5.78 Å². The summed E-state index contributed by atoms with van der Waals surface area (Å²) in [6.45, 7) is -0.0670. The van der Waals surface area contributed by atoms with Gasteiger partial charge in [-0.25, -0.2) is 9.59 Å². The highest BCUT2D eigenvalue weighted by molar-refractivity contribution is 5.99. The Hall–Kier alpha value is -2.03. The van der Waals surface area contributed by atoms with Gasteiger partial charge in [-0.3, -0.25) is 4.79 Å². The number of fused-ring (bicyclic) bond motifs is 1.